The maximum Gasteiger partial charge on any atom is 0.407 e. The van der Waals surface area contributed by atoms with Crippen LogP contribution in [0.2, 0.25) is 0 Å². The quantitative estimate of drug-likeness (QED) is 0.137. The van der Waals surface area contributed by atoms with Crippen molar-refractivity contribution in [2.24, 2.45) is 4.99 Å². The van der Waals surface area contributed by atoms with E-state index in [4.69, 9.17) is 4.74 Å². The Balaban J connectivity index is 1.33. The average Bonchev–Trinajstić information content (AvgIpc) is 3.83. The van der Waals surface area contributed by atoms with Gasteiger partial charge in [0, 0.05) is 44.0 Å². The van der Waals surface area contributed by atoms with E-state index in [-0.39, 0.29) is 17.9 Å². The molecule has 5 rings (SSSR count). The molecule has 0 unspecified atom stereocenters. The Morgan fingerprint density at radius 1 is 1.04 bits per heavy atom. The van der Waals surface area contributed by atoms with Crippen LogP contribution in [0, 0.1) is 0 Å². The predicted octanol–water partition coefficient (Wildman–Crippen LogP) is 5.98. The molecule has 2 heterocycles. The average molecular weight is 725 g/mol. The summed E-state index contributed by atoms with van der Waals surface area (Å²) in [6, 6.07) is 20.0. The number of nitrogens with one attached hydrogen (secondary N) is 1. The van der Waals surface area contributed by atoms with Crippen molar-refractivity contribution in [3.63, 3.8) is 0 Å². The van der Waals surface area contributed by atoms with Crippen LogP contribution in [0.1, 0.15) is 42.7 Å². The summed E-state index contributed by atoms with van der Waals surface area (Å²) in [6.07, 6.45) is -0.232. The lowest BCUT2D eigenvalue weighted by molar-refractivity contribution is -0.123. The Labute approximate surface area is 293 Å². The second-order valence-corrected chi connectivity index (χ2v) is 14.7. The molecule has 0 saturated carbocycles. The maximum absolute atomic E-state index is 15.6. The number of thiazole rings is 1. The number of halogens is 2. The molecule has 1 aromatic heterocycles. The number of Topliss-reactive ketones (excluding diaryl/α,β-unsaturated/α-hetero) is 1. The largest absolute Gasteiger partial charge is 0.453 e. The molecule has 1 amide bonds. The van der Waals surface area contributed by atoms with Gasteiger partial charge in [-0.1, -0.05) is 66.7 Å². The highest BCUT2D eigenvalue weighted by atomic mass is 32.2. The van der Waals surface area contributed by atoms with Crippen LogP contribution in [0.5, 0.6) is 0 Å². The van der Waals surface area contributed by atoms with E-state index >= 15 is 8.78 Å². The van der Waals surface area contributed by atoms with Gasteiger partial charge in [0.15, 0.2) is 5.78 Å². The van der Waals surface area contributed by atoms with Crippen LogP contribution in [0.4, 0.5) is 13.6 Å². The van der Waals surface area contributed by atoms with E-state index in [1.54, 1.807) is 78.3 Å². The van der Waals surface area contributed by atoms with Crippen LogP contribution >= 0.6 is 11.3 Å². The van der Waals surface area contributed by atoms with Crippen molar-refractivity contribution in [3.8, 4) is 0 Å². The summed E-state index contributed by atoms with van der Waals surface area (Å²) >= 11 is 1.27. The molecule has 0 radical (unpaired) electrons. The van der Waals surface area contributed by atoms with Gasteiger partial charge in [-0.05, 0) is 41.3 Å². The first-order valence-corrected chi connectivity index (χ1v) is 18.3. The first-order valence-electron chi connectivity index (χ1n) is 16.0. The van der Waals surface area contributed by atoms with E-state index in [0.717, 1.165) is 11.4 Å². The Bertz CT molecular complexity index is 1900. The first-order chi connectivity index (χ1) is 24.0. The number of hydrogen-bond acceptors (Lipinski definition) is 9. The molecule has 14 heteroatoms. The number of aliphatic hydroxyl groups is 1. The summed E-state index contributed by atoms with van der Waals surface area (Å²) in [6.45, 7) is -0.501. The molecule has 0 bridgehead atoms. The zero-order valence-electron chi connectivity index (χ0n) is 27.3. The number of alkyl halides is 2. The summed E-state index contributed by atoms with van der Waals surface area (Å²) in [5.41, 5.74) is 4.20. The molecule has 10 nitrogen and oxygen atoms in total. The molecule has 3 aromatic carbocycles. The zero-order chi connectivity index (χ0) is 35.7. The summed E-state index contributed by atoms with van der Waals surface area (Å²) in [5, 5.41) is 12.9. The highest BCUT2D eigenvalue weighted by molar-refractivity contribution is 7.89. The smallest absolute Gasteiger partial charge is 0.407 e. The number of amides is 1. The fourth-order valence-corrected chi connectivity index (χ4v) is 8.40. The van der Waals surface area contributed by atoms with Gasteiger partial charge >= 0.3 is 6.09 Å². The molecule has 4 aromatic rings. The number of fused-ring (bicyclic) bond motifs is 1. The van der Waals surface area contributed by atoms with Crippen molar-refractivity contribution in [1.82, 2.24) is 14.6 Å². The number of aromatic nitrogens is 1. The van der Waals surface area contributed by atoms with Crippen LogP contribution in [0.3, 0.4) is 0 Å². The molecular formula is C36H38F2N4O6S2. The molecule has 1 aliphatic heterocycles. The van der Waals surface area contributed by atoms with Gasteiger partial charge in [0.05, 0.1) is 40.9 Å². The van der Waals surface area contributed by atoms with E-state index in [2.05, 4.69) is 15.3 Å². The number of methoxy groups -OCH3 is 1. The van der Waals surface area contributed by atoms with E-state index < -0.39 is 71.7 Å². The Hall–Kier alpha value is -4.37. The molecule has 0 aliphatic carbocycles. The summed E-state index contributed by atoms with van der Waals surface area (Å²) in [4.78, 5) is 34.4. The SMILES string of the molecule is COC(=O)N[C@H](C(=O)CCC(F)(F)CC[C@@H](CO)N(CC1=CCN=C1)S(=O)(=O)c1ccc2ncsc2c1)C(c1ccccc1)c1ccccc1. The zero-order valence-corrected chi connectivity index (χ0v) is 29.0. The van der Waals surface area contributed by atoms with E-state index in [9.17, 15) is 23.1 Å². The van der Waals surface area contributed by atoms with Gasteiger partial charge in [0.25, 0.3) is 0 Å². The highest BCUT2D eigenvalue weighted by Crippen LogP contribution is 2.34. The number of aliphatic hydroxyl groups excluding tert-OH is 1. The molecule has 2 N–H and O–H groups in total. The summed E-state index contributed by atoms with van der Waals surface area (Å²) in [7, 11) is -3.10. The lowest BCUT2D eigenvalue weighted by atomic mass is 9.82. The number of nitrogens with zero attached hydrogens (tertiary/aromatic N) is 3. The summed E-state index contributed by atoms with van der Waals surface area (Å²) < 4.78 is 65.6. The van der Waals surface area contributed by atoms with Gasteiger partial charge < -0.3 is 15.2 Å². The summed E-state index contributed by atoms with van der Waals surface area (Å²) in [5.74, 6) is -4.71. The third-order valence-corrected chi connectivity index (χ3v) is 11.3. The van der Waals surface area contributed by atoms with Gasteiger partial charge in [-0.25, -0.2) is 27.0 Å². The minimum Gasteiger partial charge on any atom is -0.453 e. The first kappa shape index (κ1) is 36.9. The number of carbonyl (C=O) groups is 2. The van der Waals surface area contributed by atoms with Gasteiger partial charge in [-0.2, -0.15) is 4.31 Å². The van der Waals surface area contributed by atoms with Crippen molar-refractivity contribution >= 4 is 49.7 Å². The molecule has 2 atom stereocenters. The molecular weight excluding hydrogens is 687 g/mol. The van der Waals surface area contributed by atoms with Gasteiger partial charge in [-0.3, -0.25) is 9.79 Å². The molecule has 0 spiro atoms. The van der Waals surface area contributed by atoms with Crippen LogP contribution in [-0.2, 0) is 19.6 Å². The number of rotatable bonds is 17. The monoisotopic (exact) mass is 724 g/mol. The number of aliphatic imine (C=N–C) groups is 1. The highest BCUT2D eigenvalue weighted by Gasteiger charge is 2.38. The third kappa shape index (κ3) is 9.04. The standard InChI is InChI=1S/C36H38F2N4O6S2/c1-48-35(45)41-34(33(26-8-4-2-5-9-26)27-10-6-3-7-11-27)31(44)15-18-36(37,38)17-14-28(23-43)42(22-25-16-19-39-21-25)50(46,47)29-12-13-30-32(20-29)49-24-40-30/h2-13,16,20-21,24,28,33-34,43H,14-15,17-19,22-23H2,1H3,(H,41,45)/t28-,34+/m0/s1. The number of ketones is 1. The van der Waals surface area contributed by atoms with Crippen molar-refractivity contribution < 1.29 is 36.6 Å². The van der Waals surface area contributed by atoms with Crippen molar-refractivity contribution in [3.05, 3.63) is 107 Å². The number of ether oxygens (including phenoxy) is 1. The third-order valence-electron chi connectivity index (χ3n) is 8.62. The van der Waals surface area contributed by atoms with Crippen LogP contribution < -0.4 is 5.32 Å². The minimum atomic E-state index is -4.25. The van der Waals surface area contributed by atoms with Crippen LogP contribution in [-0.4, -0.2) is 85.7 Å². The Morgan fingerprint density at radius 3 is 2.32 bits per heavy atom. The maximum atomic E-state index is 15.6. The number of carbonyl (C=O) groups excluding carboxylic acids is 2. The second kappa shape index (κ2) is 16.6. The number of alkyl carbamates (subject to hydrolysis) is 1. The van der Waals surface area contributed by atoms with E-state index in [1.807, 2.05) is 0 Å². The van der Waals surface area contributed by atoms with E-state index in [0.29, 0.717) is 33.5 Å². The second-order valence-electron chi connectivity index (χ2n) is 11.9. The van der Waals surface area contributed by atoms with Crippen LogP contribution in [0.15, 0.2) is 106 Å². The molecule has 50 heavy (non-hydrogen) atoms. The lowest BCUT2D eigenvalue weighted by Crippen LogP contribution is -2.46. The van der Waals surface area contributed by atoms with Gasteiger partial charge in [-0.15, -0.1) is 11.3 Å². The Kier molecular flexibility index (Phi) is 12.2. The molecule has 264 valence electrons. The van der Waals surface area contributed by atoms with Gasteiger partial charge in [0.2, 0.25) is 15.9 Å². The van der Waals surface area contributed by atoms with Crippen molar-refractivity contribution in [1.29, 1.82) is 0 Å². The van der Waals surface area contributed by atoms with Crippen molar-refractivity contribution in [2.45, 2.75) is 54.5 Å². The minimum absolute atomic E-state index is 0.0453. The van der Waals surface area contributed by atoms with Crippen molar-refractivity contribution in [2.75, 3.05) is 26.8 Å². The molecule has 0 saturated heterocycles. The van der Waals surface area contributed by atoms with Crippen LogP contribution in [0.25, 0.3) is 10.2 Å². The Morgan fingerprint density at radius 2 is 1.72 bits per heavy atom. The number of hydrogen-bond donors (Lipinski definition) is 2. The fraction of sp³-hybridized carbons (Fsp3) is 0.333. The number of sulfonamides is 1. The van der Waals surface area contributed by atoms with E-state index in [1.165, 1.54) is 29.7 Å². The lowest BCUT2D eigenvalue weighted by Gasteiger charge is -2.31. The molecule has 1 aliphatic rings. The predicted molar refractivity (Wildman–Crippen MR) is 188 cm³/mol. The van der Waals surface area contributed by atoms with Gasteiger partial charge in [0.1, 0.15) is 6.04 Å². The fourth-order valence-electron chi connectivity index (χ4n) is 5.94. The molecule has 0 fully saturated rings. The number of benzene rings is 3. The topological polar surface area (TPSA) is 138 Å². The normalized spacial score (nSPS) is 14.6.